The van der Waals surface area contributed by atoms with Gasteiger partial charge in [0.05, 0.1) is 30.2 Å². The molecule has 6 heteroatoms. The van der Waals surface area contributed by atoms with Gasteiger partial charge in [0, 0.05) is 24.5 Å². The number of aromatic nitrogens is 3. The molecular formula is C23H24N4O2. The van der Waals surface area contributed by atoms with Crippen LogP contribution in [0, 0.1) is 6.92 Å². The molecule has 1 aliphatic heterocycles. The molecule has 0 fully saturated rings. The van der Waals surface area contributed by atoms with Crippen molar-refractivity contribution in [3.63, 3.8) is 0 Å². The normalized spacial score (nSPS) is 15.3. The summed E-state index contributed by atoms with van der Waals surface area (Å²) in [6.45, 7) is 3.47. The van der Waals surface area contributed by atoms with Gasteiger partial charge in [0.2, 0.25) is 0 Å². The molecule has 0 aliphatic carbocycles. The van der Waals surface area contributed by atoms with Gasteiger partial charge < -0.3 is 19.1 Å². The average Bonchev–Trinajstić information content (AvgIpc) is 3.20. The third-order valence-electron chi connectivity index (χ3n) is 5.95. The Morgan fingerprint density at radius 2 is 1.72 bits per heavy atom. The van der Waals surface area contributed by atoms with E-state index in [1.807, 2.05) is 65.6 Å². The minimum Gasteiger partial charge on any atom is -0.389 e. The molecule has 148 valence electrons. The van der Waals surface area contributed by atoms with Crippen molar-refractivity contribution in [1.82, 2.24) is 19.0 Å². The first-order valence-electron chi connectivity index (χ1n) is 10.00. The number of aliphatic hydroxyl groups is 1. The Morgan fingerprint density at radius 1 is 1.03 bits per heavy atom. The number of rotatable bonds is 4. The molecule has 2 aromatic heterocycles. The zero-order chi connectivity index (χ0) is 20.1. The Bertz CT molecular complexity index is 1240. The summed E-state index contributed by atoms with van der Waals surface area (Å²) < 4.78 is 4.05. The van der Waals surface area contributed by atoms with Crippen molar-refractivity contribution in [2.45, 2.75) is 32.5 Å². The molecule has 0 saturated heterocycles. The molecule has 6 nitrogen and oxygen atoms in total. The summed E-state index contributed by atoms with van der Waals surface area (Å²) in [6, 6.07) is 16.1. The van der Waals surface area contributed by atoms with Gasteiger partial charge in [-0.2, -0.15) is 0 Å². The van der Waals surface area contributed by atoms with Crippen LogP contribution in [0.15, 0.2) is 48.5 Å². The van der Waals surface area contributed by atoms with Crippen molar-refractivity contribution >= 4 is 27.8 Å². The number of carbonyl (C=O) groups excluding carboxylic acids is 1. The zero-order valence-electron chi connectivity index (χ0n) is 16.7. The molecule has 1 atom stereocenters. The Balaban J connectivity index is 1.53. The highest BCUT2D eigenvalue weighted by molar-refractivity contribution is 6.02. The molecule has 29 heavy (non-hydrogen) atoms. The first-order chi connectivity index (χ1) is 14.0. The monoisotopic (exact) mass is 388 g/mol. The fraction of sp³-hybridized carbons (Fsp3) is 0.304. The van der Waals surface area contributed by atoms with Crippen LogP contribution < -0.4 is 0 Å². The standard InChI is InChI=1S/C23H24N4O2/c1-15-24-19-8-4-6-10-21(19)26(15)13-16(28)14-27-20-9-5-3-7-17(20)18-11-12-25(2)23(29)22(18)27/h3-10,16,28H,11-14H2,1-2H3/t16-/m0/s1. The van der Waals surface area contributed by atoms with E-state index in [0.29, 0.717) is 18.8 Å². The van der Waals surface area contributed by atoms with Crippen LogP contribution >= 0.6 is 0 Å². The molecule has 5 rings (SSSR count). The third-order valence-corrected chi connectivity index (χ3v) is 5.95. The van der Waals surface area contributed by atoms with E-state index in [4.69, 9.17) is 0 Å². The van der Waals surface area contributed by atoms with Crippen molar-refractivity contribution in [3.8, 4) is 0 Å². The predicted octanol–water partition coefficient (Wildman–Crippen LogP) is 2.99. The zero-order valence-corrected chi connectivity index (χ0v) is 16.7. The highest BCUT2D eigenvalue weighted by atomic mass is 16.3. The minimum atomic E-state index is -0.647. The molecule has 1 aliphatic rings. The van der Waals surface area contributed by atoms with Crippen molar-refractivity contribution in [2.24, 2.45) is 0 Å². The summed E-state index contributed by atoms with van der Waals surface area (Å²) in [4.78, 5) is 19.3. The lowest BCUT2D eigenvalue weighted by molar-refractivity contribution is 0.0762. The van der Waals surface area contributed by atoms with E-state index in [0.717, 1.165) is 46.3 Å². The fourth-order valence-electron chi connectivity index (χ4n) is 4.53. The number of para-hydroxylation sites is 3. The van der Waals surface area contributed by atoms with E-state index >= 15 is 0 Å². The van der Waals surface area contributed by atoms with Crippen LogP contribution in [0.4, 0.5) is 0 Å². The molecule has 4 aromatic rings. The maximum atomic E-state index is 12.9. The number of fused-ring (bicyclic) bond motifs is 4. The number of hydrogen-bond donors (Lipinski definition) is 1. The largest absolute Gasteiger partial charge is 0.389 e. The molecule has 2 aromatic carbocycles. The number of likely N-dealkylation sites (N-methyl/N-ethyl adjacent to an activating group) is 1. The van der Waals surface area contributed by atoms with Crippen LogP contribution in [0.2, 0.25) is 0 Å². The van der Waals surface area contributed by atoms with Gasteiger partial charge >= 0.3 is 0 Å². The van der Waals surface area contributed by atoms with Gasteiger partial charge in [-0.05, 0) is 37.1 Å². The summed E-state index contributed by atoms with van der Waals surface area (Å²) >= 11 is 0. The quantitative estimate of drug-likeness (QED) is 0.585. The SMILES string of the molecule is Cc1nc2ccccc2n1C[C@H](O)Cn1c2c(c3ccccc31)CCN(C)C2=O. The van der Waals surface area contributed by atoms with Crippen LogP contribution in [-0.4, -0.2) is 49.7 Å². The van der Waals surface area contributed by atoms with Crippen molar-refractivity contribution in [2.75, 3.05) is 13.6 Å². The summed E-state index contributed by atoms with van der Waals surface area (Å²) in [5.41, 5.74) is 4.76. The second-order valence-corrected chi connectivity index (χ2v) is 7.84. The molecular weight excluding hydrogens is 364 g/mol. The smallest absolute Gasteiger partial charge is 0.270 e. The summed E-state index contributed by atoms with van der Waals surface area (Å²) in [5.74, 6) is 0.902. The summed E-state index contributed by atoms with van der Waals surface area (Å²) in [7, 11) is 1.84. The minimum absolute atomic E-state index is 0.0268. The van der Waals surface area contributed by atoms with Gasteiger partial charge in [-0.3, -0.25) is 4.79 Å². The Labute approximate surface area is 169 Å². The van der Waals surface area contributed by atoms with Crippen LogP contribution in [0.3, 0.4) is 0 Å². The van der Waals surface area contributed by atoms with E-state index < -0.39 is 6.10 Å². The third kappa shape index (κ3) is 2.83. The number of nitrogens with zero attached hydrogens (tertiary/aromatic N) is 4. The maximum absolute atomic E-state index is 12.9. The Kier molecular flexibility index (Phi) is 4.17. The van der Waals surface area contributed by atoms with Gasteiger partial charge in [0.25, 0.3) is 5.91 Å². The predicted molar refractivity (Wildman–Crippen MR) is 113 cm³/mol. The lowest BCUT2D eigenvalue weighted by Crippen LogP contribution is -2.36. The van der Waals surface area contributed by atoms with E-state index in [9.17, 15) is 9.90 Å². The molecule has 0 saturated carbocycles. The van der Waals surface area contributed by atoms with Gasteiger partial charge in [-0.15, -0.1) is 0 Å². The van der Waals surface area contributed by atoms with Crippen LogP contribution in [0.25, 0.3) is 21.9 Å². The molecule has 1 N–H and O–H groups in total. The molecule has 0 unspecified atom stereocenters. The molecule has 0 radical (unpaired) electrons. The highest BCUT2D eigenvalue weighted by Gasteiger charge is 2.29. The lowest BCUT2D eigenvalue weighted by atomic mass is 10.0. The molecule has 1 amide bonds. The number of hydrogen-bond acceptors (Lipinski definition) is 3. The van der Waals surface area contributed by atoms with E-state index in [2.05, 4.69) is 11.1 Å². The van der Waals surface area contributed by atoms with Gasteiger partial charge in [-0.25, -0.2) is 4.98 Å². The van der Waals surface area contributed by atoms with Gasteiger partial charge in [-0.1, -0.05) is 30.3 Å². The topological polar surface area (TPSA) is 63.3 Å². The Hall–Kier alpha value is -3.12. The van der Waals surface area contributed by atoms with Crippen LogP contribution in [0.5, 0.6) is 0 Å². The second kappa shape index (κ2) is 6.74. The summed E-state index contributed by atoms with van der Waals surface area (Å²) in [5, 5.41) is 12.1. The van der Waals surface area contributed by atoms with Crippen molar-refractivity contribution in [3.05, 3.63) is 65.6 Å². The molecule has 0 spiro atoms. The fourth-order valence-corrected chi connectivity index (χ4v) is 4.53. The average molecular weight is 388 g/mol. The first-order valence-corrected chi connectivity index (χ1v) is 10.00. The lowest BCUT2D eigenvalue weighted by Gasteiger charge is -2.25. The van der Waals surface area contributed by atoms with Crippen LogP contribution in [0.1, 0.15) is 21.9 Å². The Morgan fingerprint density at radius 3 is 2.55 bits per heavy atom. The van der Waals surface area contributed by atoms with Gasteiger partial charge in [0.1, 0.15) is 11.5 Å². The van der Waals surface area contributed by atoms with E-state index in [1.54, 1.807) is 4.90 Å². The number of benzene rings is 2. The second-order valence-electron chi connectivity index (χ2n) is 7.84. The maximum Gasteiger partial charge on any atom is 0.270 e. The molecule has 0 bridgehead atoms. The number of amides is 1. The van der Waals surface area contributed by atoms with E-state index in [1.165, 1.54) is 0 Å². The van der Waals surface area contributed by atoms with Crippen molar-refractivity contribution in [1.29, 1.82) is 0 Å². The first kappa shape index (κ1) is 17.9. The van der Waals surface area contributed by atoms with E-state index in [-0.39, 0.29) is 5.91 Å². The van der Waals surface area contributed by atoms with Gasteiger partial charge in [0.15, 0.2) is 0 Å². The molecule has 3 heterocycles. The number of aryl methyl sites for hydroxylation is 1. The highest BCUT2D eigenvalue weighted by Crippen LogP contribution is 2.31. The number of imidazole rings is 1. The summed E-state index contributed by atoms with van der Waals surface area (Å²) in [6.07, 6.45) is 0.193. The number of carbonyl (C=O) groups is 1. The van der Waals surface area contributed by atoms with Crippen molar-refractivity contribution < 1.29 is 9.90 Å². The number of aliphatic hydroxyl groups excluding tert-OH is 1. The van der Waals surface area contributed by atoms with Crippen LogP contribution in [-0.2, 0) is 19.5 Å².